The molecule has 2 nitrogen and oxygen atoms in total. The van der Waals surface area contributed by atoms with Gasteiger partial charge in [0.05, 0.1) is 12.1 Å². The molecule has 0 aliphatic rings. The quantitative estimate of drug-likeness (QED) is 0.636. The van der Waals surface area contributed by atoms with E-state index in [0.717, 1.165) is 18.4 Å². The van der Waals surface area contributed by atoms with E-state index in [9.17, 15) is 0 Å². The number of hydrogen-bond donors (Lipinski definition) is 1. The van der Waals surface area contributed by atoms with Crippen LogP contribution in [-0.2, 0) is 6.54 Å². The molecule has 0 fully saturated rings. The number of rotatable bonds is 7. The molecule has 0 aromatic heterocycles. The zero-order chi connectivity index (χ0) is 15.9. The fourth-order valence-electron chi connectivity index (χ4n) is 2.57. The summed E-state index contributed by atoms with van der Waals surface area (Å²) in [6, 6.07) is 14.4. The Labute approximate surface area is 154 Å². The van der Waals surface area contributed by atoms with Crippen LogP contribution in [0.3, 0.4) is 0 Å². The predicted molar refractivity (Wildman–Crippen MR) is 101 cm³/mol. The van der Waals surface area contributed by atoms with Crippen molar-refractivity contribution >= 4 is 35.6 Å². The highest BCUT2D eigenvalue weighted by molar-refractivity contribution is 6.35. The fraction of sp³-hybridized carbons (Fsp3) is 0.333. The summed E-state index contributed by atoms with van der Waals surface area (Å²) in [5, 5.41) is 4.75. The summed E-state index contributed by atoms with van der Waals surface area (Å²) in [4.78, 5) is 0. The van der Waals surface area contributed by atoms with Gasteiger partial charge in [-0.15, -0.1) is 12.4 Å². The average molecular weight is 375 g/mol. The molecular formula is C18H22Cl3NO. The fourth-order valence-corrected chi connectivity index (χ4v) is 3.18. The first-order chi connectivity index (χ1) is 10.7. The molecule has 0 saturated heterocycles. The normalized spacial score (nSPS) is 11.7. The Kier molecular flexibility index (Phi) is 8.78. The third-order valence-electron chi connectivity index (χ3n) is 3.61. The Hall–Kier alpha value is -0.930. The smallest absolute Gasteiger partial charge is 0.142 e. The van der Waals surface area contributed by atoms with Crippen molar-refractivity contribution in [1.82, 2.24) is 5.32 Å². The Bertz CT molecular complexity index is 605. The molecule has 2 aromatic carbocycles. The standard InChI is InChI=1S/C18H21Cl2NO.ClH/c1-3-7-17(13-8-5-4-6-9-13)21-12-14-10-15(19)11-16(20)18(14)22-2;/h4-6,8-11,17,21H,3,7,12H2,1-2H3;1H. The van der Waals surface area contributed by atoms with Gasteiger partial charge in [-0.1, -0.05) is 66.9 Å². The lowest BCUT2D eigenvalue weighted by Gasteiger charge is -2.20. The van der Waals surface area contributed by atoms with Crippen LogP contribution >= 0.6 is 35.6 Å². The van der Waals surface area contributed by atoms with E-state index < -0.39 is 0 Å². The molecule has 0 heterocycles. The Morgan fingerprint density at radius 2 is 1.83 bits per heavy atom. The third-order valence-corrected chi connectivity index (χ3v) is 4.11. The van der Waals surface area contributed by atoms with E-state index in [1.165, 1.54) is 5.56 Å². The van der Waals surface area contributed by atoms with Gasteiger partial charge in [-0.25, -0.2) is 0 Å². The molecule has 0 radical (unpaired) electrons. The number of methoxy groups -OCH3 is 1. The second-order valence-electron chi connectivity index (χ2n) is 5.21. The van der Waals surface area contributed by atoms with Gasteiger partial charge in [0.2, 0.25) is 0 Å². The minimum Gasteiger partial charge on any atom is -0.495 e. The van der Waals surface area contributed by atoms with Crippen LogP contribution in [0.1, 0.15) is 36.9 Å². The van der Waals surface area contributed by atoms with Gasteiger partial charge in [0.15, 0.2) is 0 Å². The molecule has 0 amide bonds. The van der Waals surface area contributed by atoms with Crippen LogP contribution in [-0.4, -0.2) is 7.11 Å². The maximum Gasteiger partial charge on any atom is 0.142 e. The van der Waals surface area contributed by atoms with E-state index in [1.54, 1.807) is 13.2 Å². The molecule has 0 aliphatic heterocycles. The SMILES string of the molecule is CCCC(NCc1cc(Cl)cc(Cl)c1OC)c1ccccc1.Cl. The summed E-state index contributed by atoms with van der Waals surface area (Å²) < 4.78 is 5.40. The van der Waals surface area contributed by atoms with Crippen molar-refractivity contribution in [2.24, 2.45) is 0 Å². The van der Waals surface area contributed by atoms with Gasteiger partial charge in [0.25, 0.3) is 0 Å². The van der Waals surface area contributed by atoms with Gasteiger partial charge in [0, 0.05) is 23.2 Å². The van der Waals surface area contributed by atoms with Crippen molar-refractivity contribution in [2.75, 3.05) is 7.11 Å². The maximum atomic E-state index is 6.19. The van der Waals surface area contributed by atoms with Gasteiger partial charge in [-0.2, -0.15) is 0 Å². The summed E-state index contributed by atoms with van der Waals surface area (Å²) in [5.41, 5.74) is 2.26. The zero-order valence-electron chi connectivity index (χ0n) is 13.3. The number of hydrogen-bond acceptors (Lipinski definition) is 2. The first-order valence-electron chi connectivity index (χ1n) is 7.46. The van der Waals surface area contributed by atoms with E-state index >= 15 is 0 Å². The number of ether oxygens (including phenoxy) is 1. The highest BCUT2D eigenvalue weighted by Gasteiger charge is 2.13. The molecule has 0 aliphatic carbocycles. The molecule has 5 heteroatoms. The van der Waals surface area contributed by atoms with Gasteiger partial charge in [-0.05, 0) is 24.1 Å². The molecule has 2 aromatic rings. The second kappa shape index (κ2) is 10.0. The Morgan fingerprint density at radius 1 is 1.13 bits per heavy atom. The monoisotopic (exact) mass is 373 g/mol. The van der Waals surface area contributed by atoms with Crippen LogP contribution in [0.15, 0.2) is 42.5 Å². The largest absolute Gasteiger partial charge is 0.495 e. The summed E-state index contributed by atoms with van der Waals surface area (Å²) in [6.07, 6.45) is 2.18. The minimum absolute atomic E-state index is 0. The third kappa shape index (κ3) is 5.58. The summed E-state index contributed by atoms with van der Waals surface area (Å²) in [6.45, 7) is 2.84. The maximum absolute atomic E-state index is 6.19. The Balaban J connectivity index is 0.00000264. The molecule has 23 heavy (non-hydrogen) atoms. The summed E-state index contributed by atoms with van der Waals surface area (Å²) in [7, 11) is 1.62. The zero-order valence-corrected chi connectivity index (χ0v) is 15.6. The molecule has 1 atom stereocenters. The van der Waals surface area contributed by atoms with E-state index in [4.69, 9.17) is 27.9 Å². The molecule has 0 saturated carbocycles. The van der Waals surface area contributed by atoms with Crippen molar-refractivity contribution in [3.05, 3.63) is 63.6 Å². The molecule has 126 valence electrons. The molecule has 0 spiro atoms. The first-order valence-corrected chi connectivity index (χ1v) is 8.21. The second-order valence-corrected chi connectivity index (χ2v) is 6.06. The minimum atomic E-state index is 0. The van der Waals surface area contributed by atoms with Crippen LogP contribution in [0.2, 0.25) is 10.0 Å². The molecule has 2 rings (SSSR count). The number of benzene rings is 2. The molecule has 0 bridgehead atoms. The topological polar surface area (TPSA) is 21.3 Å². The van der Waals surface area contributed by atoms with E-state index in [1.807, 2.05) is 12.1 Å². The van der Waals surface area contributed by atoms with E-state index in [2.05, 4.69) is 36.5 Å². The summed E-state index contributed by atoms with van der Waals surface area (Å²) in [5.74, 6) is 0.682. The highest BCUT2D eigenvalue weighted by Crippen LogP contribution is 2.32. The lowest BCUT2D eigenvalue weighted by molar-refractivity contribution is 0.404. The van der Waals surface area contributed by atoms with Crippen molar-refractivity contribution in [2.45, 2.75) is 32.4 Å². The lowest BCUT2D eigenvalue weighted by Crippen LogP contribution is -2.21. The van der Waals surface area contributed by atoms with Crippen LogP contribution in [0, 0.1) is 0 Å². The van der Waals surface area contributed by atoms with E-state index in [0.29, 0.717) is 28.4 Å². The van der Waals surface area contributed by atoms with Gasteiger partial charge in [-0.3, -0.25) is 0 Å². The van der Waals surface area contributed by atoms with Crippen LogP contribution in [0.4, 0.5) is 0 Å². The van der Waals surface area contributed by atoms with Crippen molar-refractivity contribution in [3.63, 3.8) is 0 Å². The highest BCUT2D eigenvalue weighted by atomic mass is 35.5. The van der Waals surface area contributed by atoms with E-state index in [-0.39, 0.29) is 12.4 Å². The van der Waals surface area contributed by atoms with Crippen molar-refractivity contribution < 1.29 is 4.74 Å². The van der Waals surface area contributed by atoms with Gasteiger partial charge < -0.3 is 10.1 Å². The molecule has 1 N–H and O–H groups in total. The van der Waals surface area contributed by atoms with Crippen LogP contribution in [0.5, 0.6) is 5.75 Å². The number of halogens is 3. The first kappa shape index (κ1) is 20.1. The molecular weight excluding hydrogens is 353 g/mol. The van der Waals surface area contributed by atoms with Crippen LogP contribution in [0.25, 0.3) is 0 Å². The molecule has 1 unspecified atom stereocenters. The van der Waals surface area contributed by atoms with Crippen LogP contribution < -0.4 is 10.1 Å². The lowest BCUT2D eigenvalue weighted by atomic mass is 10.0. The number of nitrogens with one attached hydrogen (secondary N) is 1. The Morgan fingerprint density at radius 3 is 2.43 bits per heavy atom. The van der Waals surface area contributed by atoms with Gasteiger partial charge >= 0.3 is 0 Å². The van der Waals surface area contributed by atoms with Crippen molar-refractivity contribution in [1.29, 1.82) is 0 Å². The summed E-state index contributed by atoms with van der Waals surface area (Å²) >= 11 is 12.3. The van der Waals surface area contributed by atoms with Crippen molar-refractivity contribution in [3.8, 4) is 5.75 Å². The predicted octanol–water partition coefficient (Wildman–Crippen LogP) is 6.05. The van der Waals surface area contributed by atoms with Gasteiger partial charge in [0.1, 0.15) is 5.75 Å². The average Bonchev–Trinajstić information content (AvgIpc) is 2.52.